The Morgan fingerprint density at radius 1 is 0.931 bits per heavy atom. The summed E-state index contributed by atoms with van der Waals surface area (Å²) in [5.41, 5.74) is 1.98. The van der Waals surface area contributed by atoms with Gasteiger partial charge in [0.05, 0.1) is 23.9 Å². The number of anilines is 3. The number of rotatable bonds is 7. The van der Waals surface area contributed by atoms with Crippen LogP contribution in [-0.2, 0) is 24.8 Å². The Morgan fingerprint density at radius 3 is 2.07 bits per heavy atom. The zero-order valence-electron chi connectivity index (χ0n) is 16.9. The summed E-state index contributed by atoms with van der Waals surface area (Å²) < 4.78 is 50.3. The van der Waals surface area contributed by atoms with Gasteiger partial charge in [-0.25, -0.2) is 16.8 Å². The molecule has 1 amide bonds. The lowest BCUT2D eigenvalue weighted by molar-refractivity contribution is -0.116. The van der Waals surface area contributed by atoms with E-state index in [4.69, 9.17) is 0 Å². The lowest BCUT2D eigenvalue weighted by Crippen LogP contribution is -2.45. The summed E-state index contributed by atoms with van der Waals surface area (Å²) in [5, 5.41) is 2.66. The van der Waals surface area contributed by atoms with Crippen LogP contribution in [0.4, 0.5) is 17.1 Å². The van der Waals surface area contributed by atoms with Gasteiger partial charge < -0.3 is 5.32 Å². The Labute approximate surface area is 172 Å². The predicted octanol–water partition coefficient (Wildman–Crippen LogP) is 2.18. The third-order valence-corrected chi connectivity index (χ3v) is 6.77. The molecule has 0 spiro atoms. The first-order valence-corrected chi connectivity index (χ1v) is 12.4. The summed E-state index contributed by atoms with van der Waals surface area (Å²) in [5.74, 6) is -0.545. The Balaban J connectivity index is 2.31. The first-order valence-electron chi connectivity index (χ1n) is 8.71. The molecule has 10 heteroatoms. The summed E-state index contributed by atoms with van der Waals surface area (Å²) >= 11 is 0. The second kappa shape index (κ2) is 8.42. The molecule has 2 aromatic carbocycles. The molecule has 0 saturated heterocycles. The van der Waals surface area contributed by atoms with E-state index in [2.05, 4.69) is 5.32 Å². The molecule has 0 heterocycles. The molecule has 0 aliphatic rings. The third kappa shape index (κ3) is 5.70. The molecule has 0 unspecified atom stereocenters. The number of nitrogens with one attached hydrogen (secondary N) is 1. The van der Waals surface area contributed by atoms with Gasteiger partial charge in [0.2, 0.25) is 26.0 Å². The Kier molecular flexibility index (Phi) is 6.59. The number of hydrogen-bond acceptors (Lipinski definition) is 5. The van der Waals surface area contributed by atoms with E-state index in [1.165, 1.54) is 20.0 Å². The van der Waals surface area contributed by atoms with Gasteiger partial charge in [0.1, 0.15) is 6.04 Å². The van der Waals surface area contributed by atoms with Gasteiger partial charge in [-0.3, -0.25) is 13.4 Å². The minimum atomic E-state index is -3.73. The molecule has 2 aromatic rings. The van der Waals surface area contributed by atoms with E-state index in [1.807, 2.05) is 13.0 Å². The lowest BCUT2D eigenvalue weighted by Gasteiger charge is -2.28. The second-order valence-corrected chi connectivity index (χ2v) is 10.7. The first-order chi connectivity index (χ1) is 13.3. The quantitative estimate of drug-likeness (QED) is 0.712. The topological polar surface area (TPSA) is 104 Å². The summed E-state index contributed by atoms with van der Waals surface area (Å²) in [6.07, 6.45) is 2.12. The van der Waals surface area contributed by atoms with E-state index in [9.17, 15) is 21.6 Å². The van der Waals surface area contributed by atoms with Gasteiger partial charge in [0.25, 0.3) is 0 Å². The minimum Gasteiger partial charge on any atom is -0.324 e. The highest BCUT2D eigenvalue weighted by Gasteiger charge is 2.29. The molecule has 1 N–H and O–H groups in total. The van der Waals surface area contributed by atoms with Crippen LogP contribution in [0.5, 0.6) is 0 Å². The average molecular weight is 440 g/mol. The summed E-state index contributed by atoms with van der Waals surface area (Å²) in [4.78, 5) is 12.8. The summed E-state index contributed by atoms with van der Waals surface area (Å²) in [6, 6.07) is 12.1. The van der Waals surface area contributed by atoms with Gasteiger partial charge in [-0.05, 0) is 49.7 Å². The second-order valence-electron chi connectivity index (χ2n) is 6.84. The molecule has 2 rings (SSSR count). The van der Waals surface area contributed by atoms with Crippen molar-refractivity contribution in [3.05, 3.63) is 54.1 Å². The smallest absolute Gasteiger partial charge is 0.247 e. The summed E-state index contributed by atoms with van der Waals surface area (Å²) in [7, 11) is -5.78. The molecule has 29 heavy (non-hydrogen) atoms. The standard InChI is InChI=1S/C19H25N3O5S2/c1-14-8-6-11-18(12-14)22(29(5,26)27)15(2)19(23)20-16-9-7-10-17(13-16)21(3)28(4,24)25/h6-13,15H,1-5H3,(H,20,23)/t15-/m0/s1. The fourth-order valence-corrected chi connectivity index (χ4v) is 4.45. The van der Waals surface area contributed by atoms with Crippen LogP contribution in [0.3, 0.4) is 0 Å². The lowest BCUT2D eigenvalue weighted by atomic mass is 10.2. The maximum atomic E-state index is 12.8. The van der Waals surface area contributed by atoms with E-state index < -0.39 is 32.0 Å². The molecule has 0 fully saturated rings. The largest absolute Gasteiger partial charge is 0.324 e. The highest BCUT2D eigenvalue weighted by atomic mass is 32.2. The molecule has 0 radical (unpaired) electrons. The van der Waals surface area contributed by atoms with E-state index in [0.29, 0.717) is 17.1 Å². The monoisotopic (exact) mass is 439 g/mol. The molecule has 0 aliphatic carbocycles. The number of carbonyl (C=O) groups excluding carboxylic acids is 1. The van der Waals surface area contributed by atoms with Crippen LogP contribution in [-0.4, -0.2) is 48.3 Å². The third-order valence-electron chi connectivity index (χ3n) is 4.32. The van der Waals surface area contributed by atoms with Gasteiger partial charge in [0, 0.05) is 12.7 Å². The fourth-order valence-electron chi connectivity index (χ4n) is 2.79. The first kappa shape index (κ1) is 22.7. The highest BCUT2D eigenvalue weighted by Crippen LogP contribution is 2.24. The molecule has 0 bridgehead atoms. The molecule has 0 aromatic heterocycles. The van der Waals surface area contributed by atoms with Crippen LogP contribution in [0.25, 0.3) is 0 Å². The molecular formula is C19H25N3O5S2. The molecule has 0 aliphatic heterocycles. The maximum Gasteiger partial charge on any atom is 0.247 e. The van der Waals surface area contributed by atoms with Crippen LogP contribution in [0.15, 0.2) is 48.5 Å². The number of amides is 1. The Bertz CT molecular complexity index is 1110. The van der Waals surface area contributed by atoms with E-state index in [0.717, 1.165) is 26.7 Å². The highest BCUT2D eigenvalue weighted by molar-refractivity contribution is 7.92. The number of sulfonamides is 2. The zero-order chi connectivity index (χ0) is 22.0. The van der Waals surface area contributed by atoms with Gasteiger partial charge in [-0.15, -0.1) is 0 Å². The van der Waals surface area contributed by atoms with Crippen molar-refractivity contribution in [1.82, 2.24) is 0 Å². The number of carbonyl (C=O) groups is 1. The van der Waals surface area contributed by atoms with Gasteiger partial charge in [-0.2, -0.15) is 0 Å². The van der Waals surface area contributed by atoms with Crippen LogP contribution < -0.4 is 13.9 Å². The average Bonchev–Trinajstić information content (AvgIpc) is 2.59. The van der Waals surface area contributed by atoms with E-state index in [1.54, 1.807) is 36.4 Å². The number of hydrogen-bond donors (Lipinski definition) is 1. The normalized spacial score (nSPS) is 12.9. The van der Waals surface area contributed by atoms with Crippen LogP contribution in [0, 0.1) is 6.92 Å². The van der Waals surface area contributed by atoms with E-state index in [-0.39, 0.29) is 0 Å². The van der Waals surface area contributed by atoms with Crippen LogP contribution in [0.1, 0.15) is 12.5 Å². The SMILES string of the molecule is Cc1cccc(N([C@@H](C)C(=O)Nc2cccc(N(C)S(C)(=O)=O)c2)S(C)(=O)=O)c1. The zero-order valence-corrected chi connectivity index (χ0v) is 18.6. The van der Waals surface area contributed by atoms with Crippen molar-refractivity contribution in [3.8, 4) is 0 Å². The van der Waals surface area contributed by atoms with E-state index >= 15 is 0 Å². The van der Waals surface area contributed by atoms with Crippen molar-refractivity contribution >= 4 is 43.0 Å². The van der Waals surface area contributed by atoms with Crippen molar-refractivity contribution in [2.24, 2.45) is 0 Å². The van der Waals surface area contributed by atoms with Crippen molar-refractivity contribution in [3.63, 3.8) is 0 Å². The molecule has 158 valence electrons. The Hall–Kier alpha value is -2.59. The molecule has 1 atom stereocenters. The van der Waals surface area contributed by atoms with Crippen LogP contribution in [0.2, 0.25) is 0 Å². The number of aryl methyl sites for hydroxylation is 1. The van der Waals surface area contributed by atoms with Gasteiger partial charge in [0.15, 0.2) is 0 Å². The molecule has 0 saturated carbocycles. The van der Waals surface area contributed by atoms with Gasteiger partial charge >= 0.3 is 0 Å². The molecular weight excluding hydrogens is 414 g/mol. The van der Waals surface area contributed by atoms with Gasteiger partial charge in [-0.1, -0.05) is 18.2 Å². The van der Waals surface area contributed by atoms with Crippen molar-refractivity contribution < 1.29 is 21.6 Å². The van der Waals surface area contributed by atoms with Crippen molar-refractivity contribution in [1.29, 1.82) is 0 Å². The van der Waals surface area contributed by atoms with Crippen LogP contribution >= 0.6 is 0 Å². The number of benzene rings is 2. The minimum absolute atomic E-state index is 0.354. The maximum absolute atomic E-state index is 12.8. The summed E-state index contributed by atoms with van der Waals surface area (Å²) in [6.45, 7) is 3.32. The van der Waals surface area contributed by atoms with Crippen molar-refractivity contribution in [2.45, 2.75) is 19.9 Å². The fraction of sp³-hybridized carbons (Fsp3) is 0.316. The molecule has 8 nitrogen and oxygen atoms in total. The number of nitrogens with zero attached hydrogens (tertiary/aromatic N) is 2. The Morgan fingerprint density at radius 2 is 1.52 bits per heavy atom. The predicted molar refractivity (Wildman–Crippen MR) is 116 cm³/mol. The van der Waals surface area contributed by atoms with Crippen molar-refractivity contribution in [2.75, 3.05) is 33.5 Å².